The van der Waals surface area contributed by atoms with Crippen LogP contribution in [0.5, 0.6) is 0 Å². The molecule has 4 nitrogen and oxygen atoms in total. The number of carbonyl (C=O) groups is 1. The molecule has 0 saturated heterocycles. The largest absolute Gasteiger partial charge is 0.443 e. The van der Waals surface area contributed by atoms with E-state index >= 15 is 0 Å². The van der Waals surface area contributed by atoms with Crippen LogP contribution in [0.3, 0.4) is 0 Å². The van der Waals surface area contributed by atoms with Crippen LogP contribution < -0.4 is 11.3 Å². The van der Waals surface area contributed by atoms with Gasteiger partial charge in [0, 0.05) is 5.56 Å². The Labute approximate surface area is 98.4 Å². The number of nitrogen functional groups attached to an aromatic ring is 1. The highest BCUT2D eigenvalue weighted by atomic mass is 16.3. The fourth-order valence-corrected chi connectivity index (χ4v) is 1.25. The minimum atomic E-state index is -0.474. The van der Waals surface area contributed by atoms with Gasteiger partial charge in [0.15, 0.2) is 11.5 Å². The van der Waals surface area contributed by atoms with Gasteiger partial charge in [-0.3, -0.25) is 10.2 Å². The normalized spacial score (nSPS) is 9.24. The van der Waals surface area contributed by atoms with Gasteiger partial charge < -0.3 is 4.42 Å². The molecule has 1 aromatic heterocycles. The molecule has 17 heavy (non-hydrogen) atoms. The van der Waals surface area contributed by atoms with E-state index in [4.69, 9.17) is 10.3 Å². The summed E-state index contributed by atoms with van der Waals surface area (Å²) >= 11 is 0. The summed E-state index contributed by atoms with van der Waals surface area (Å²) < 4.78 is 5.19. The highest BCUT2D eigenvalue weighted by molar-refractivity contribution is 5.91. The summed E-state index contributed by atoms with van der Waals surface area (Å²) in [4.78, 5) is 11.1. The van der Waals surface area contributed by atoms with E-state index in [1.54, 1.807) is 6.07 Å². The van der Waals surface area contributed by atoms with Crippen LogP contribution in [0.25, 0.3) is 0 Å². The van der Waals surface area contributed by atoms with E-state index in [9.17, 15) is 4.79 Å². The highest BCUT2D eigenvalue weighted by Gasteiger charge is 2.07. The van der Waals surface area contributed by atoms with Crippen LogP contribution in [0.1, 0.15) is 21.9 Å². The molecule has 3 N–H and O–H groups in total. The second kappa shape index (κ2) is 5.01. The molecule has 1 heterocycles. The number of furan rings is 1. The van der Waals surface area contributed by atoms with Crippen molar-refractivity contribution in [3.8, 4) is 11.8 Å². The van der Waals surface area contributed by atoms with Crippen LogP contribution in [0.2, 0.25) is 0 Å². The van der Waals surface area contributed by atoms with Crippen LogP contribution in [0.15, 0.2) is 46.9 Å². The van der Waals surface area contributed by atoms with Crippen molar-refractivity contribution in [2.24, 2.45) is 5.84 Å². The predicted molar refractivity (Wildman–Crippen MR) is 62.8 cm³/mol. The topological polar surface area (TPSA) is 68.3 Å². The molecule has 0 aliphatic rings. The van der Waals surface area contributed by atoms with Crippen LogP contribution in [0.4, 0.5) is 0 Å². The number of nitrogens with two attached hydrogens (primary N) is 1. The van der Waals surface area contributed by atoms with Gasteiger partial charge in [-0.05, 0) is 30.2 Å². The van der Waals surface area contributed by atoms with Crippen LogP contribution in [0, 0.1) is 11.8 Å². The lowest BCUT2D eigenvalue weighted by Gasteiger charge is -1.91. The molecule has 4 heteroatoms. The summed E-state index contributed by atoms with van der Waals surface area (Å²) in [5, 5.41) is 0. The lowest BCUT2D eigenvalue weighted by Crippen LogP contribution is -2.29. The van der Waals surface area contributed by atoms with Gasteiger partial charge in [0.1, 0.15) is 0 Å². The van der Waals surface area contributed by atoms with E-state index < -0.39 is 5.91 Å². The number of hydrogen-bond acceptors (Lipinski definition) is 3. The number of rotatable bonds is 1. The molecular formula is C13H10N2O2. The standard InChI is InChI=1S/C13H10N2O2/c14-15-13(16)12-9-8-11(17-12)7-6-10-4-2-1-3-5-10/h1-5,8-9H,14H2,(H,15,16). The van der Waals surface area contributed by atoms with Crippen molar-refractivity contribution in [1.29, 1.82) is 0 Å². The summed E-state index contributed by atoms with van der Waals surface area (Å²) in [7, 11) is 0. The van der Waals surface area contributed by atoms with Crippen molar-refractivity contribution in [3.05, 3.63) is 59.5 Å². The molecule has 0 bridgehead atoms. The Morgan fingerprint density at radius 3 is 2.59 bits per heavy atom. The van der Waals surface area contributed by atoms with Gasteiger partial charge in [0.2, 0.25) is 0 Å². The molecular weight excluding hydrogens is 216 g/mol. The summed E-state index contributed by atoms with van der Waals surface area (Å²) in [6.07, 6.45) is 0. The van der Waals surface area contributed by atoms with Gasteiger partial charge in [-0.15, -0.1) is 0 Å². The van der Waals surface area contributed by atoms with Gasteiger partial charge in [-0.25, -0.2) is 5.84 Å². The van der Waals surface area contributed by atoms with Crippen molar-refractivity contribution in [2.75, 3.05) is 0 Å². The first-order chi connectivity index (χ1) is 8.29. The van der Waals surface area contributed by atoms with Crippen molar-refractivity contribution in [2.45, 2.75) is 0 Å². The maximum absolute atomic E-state index is 11.1. The van der Waals surface area contributed by atoms with E-state index in [1.165, 1.54) is 6.07 Å². The van der Waals surface area contributed by atoms with Gasteiger partial charge in [0.05, 0.1) is 0 Å². The maximum Gasteiger partial charge on any atom is 0.300 e. The molecule has 0 unspecified atom stereocenters. The molecule has 0 spiro atoms. The van der Waals surface area contributed by atoms with E-state index in [0.29, 0.717) is 5.76 Å². The second-order valence-corrected chi connectivity index (χ2v) is 3.25. The lowest BCUT2D eigenvalue weighted by molar-refractivity contribution is 0.0925. The predicted octanol–water partition coefficient (Wildman–Crippen LogP) is 1.28. The van der Waals surface area contributed by atoms with E-state index in [0.717, 1.165) is 5.56 Å². The molecule has 0 fully saturated rings. The molecule has 84 valence electrons. The number of nitrogens with one attached hydrogen (secondary N) is 1. The number of hydrazine groups is 1. The first-order valence-electron chi connectivity index (χ1n) is 4.97. The minimum Gasteiger partial charge on any atom is -0.443 e. The number of benzene rings is 1. The lowest BCUT2D eigenvalue weighted by atomic mass is 10.2. The number of amides is 1. The molecule has 1 aromatic carbocycles. The Balaban J connectivity index is 2.18. The van der Waals surface area contributed by atoms with Gasteiger partial charge in [-0.1, -0.05) is 24.1 Å². The van der Waals surface area contributed by atoms with Gasteiger partial charge >= 0.3 is 5.91 Å². The summed E-state index contributed by atoms with van der Waals surface area (Å²) in [6, 6.07) is 12.7. The zero-order valence-electron chi connectivity index (χ0n) is 8.94. The van der Waals surface area contributed by atoms with Crippen molar-refractivity contribution in [1.82, 2.24) is 5.43 Å². The zero-order chi connectivity index (χ0) is 12.1. The molecule has 0 aliphatic carbocycles. The summed E-state index contributed by atoms with van der Waals surface area (Å²) in [5.74, 6) is 10.8. The third kappa shape index (κ3) is 2.74. The Hall–Kier alpha value is -2.51. The molecule has 0 saturated carbocycles. The monoisotopic (exact) mass is 226 g/mol. The Morgan fingerprint density at radius 2 is 1.88 bits per heavy atom. The van der Waals surface area contributed by atoms with E-state index in [-0.39, 0.29) is 5.76 Å². The molecule has 0 atom stereocenters. The summed E-state index contributed by atoms with van der Waals surface area (Å²) in [5.41, 5.74) is 2.87. The SMILES string of the molecule is NNC(=O)c1ccc(C#Cc2ccccc2)o1. The third-order valence-electron chi connectivity index (χ3n) is 2.06. The fourth-order valence-electron chi connectivity index (χ4n) is 1.25. The first kappa shape index (κ1) is 11.0. The van der Waals surface area contributed by atoms with Gasteiger partial charge in [0.25, 0.3) is 0 Å². The number of hydrogen-bond donors (Lipinski definition) is 2. The molecule has 2 rings (SSSR count). The first-order valence-corrected chi connectivity index (χ1v) is 4.97. The molecule has 2 aromatic rings. The highest BCUT2D eigenvalue weighted by Crippen LogP contribution is 2.06. The van der Waals surface area contributed by atoms with Crippen LogP contribution in [-0.2, 0) is 0 Å². The molecule has 0 radical (unpaired) electrons. The maximum atomic E-state index is 11.1. The smallest absolute Gasteiger partial charge is 0.300 e. The van der Waals surface area contributed by atoms with E-state index in [2.05, 4.69) is 11.8 Å². The Kier molecular flexibility index (Phi) is 3.24. The Morgan fingerprint density at radius 1 is 1.12 bits per heavy atom. The zero-order valence-corrected chi connectivity index (χ0v) is 8.94. The number of carbonyl (C=O) groups excluding carboxylic acids is 1. The molecule has 0 aliphatic heterocycles. The van der Waals surface area contributed by atoms with Crippen LogP contribution in [-0.4, -0.2) is 5.91 Å². The van der Waals surface area contributed by atoms with E-state index in [1.807, 2.05) is 35.8 Å². The quantitative estimate of drug-likeness (QED) is 0.333. The molecule has 1 amide bonds. The third-order valence-corrected chi connectivity index (χ3v) is 2.06. The van der Waals surface area contributed by atoms with Crippen molar-refractivity contribution < 1.29 is 9.21 Å². The van der Waals surface area contributed by atoms with Crippen molar-refractivity contribution in [3.63, 3.8) is 0 Å². The minimum absolute atomic E-state index is 0.143. The van der Waals surface area contributed by atoms with Gasteiger partial charge in [-0.2, -0.15) is 0 Å². The fraction of sp³-hybridized carbons (Fsp3) is 0. The van der Waals surface area contributed by atoms with Crippen molar-refractivity contribution >= 4 is 5.91 Å². The second-order valence-electron chi connectivity index (χ2n) is 3.25. The Bertz CT molecular complexity index is 576. The average molecular weight is 226 g/mol. The summed E-state index contributed by atoms with van der Waals surface area (Å²) in [6.45, 7) is 0. The average Bonchev–Trinajstić information content (AvgIpc) is 2.85. The van der Waals surface area contributed by atoms with Crippen LogP contribution >= 0.6 is 0 Å².